The van der Waals surface area contributed by atoms with Crippen molar-refractivity contribution in [3.8, 4) is 5.69 Å². The molecule has 25 heavy (non-hydrogen) atoms. The van der Waals surface area contributed by atoms with E-state index in [1.165, 1.54) is 23.1 Å². The van der Waals surface area contributed by atoms with Crippen LogP contribution in [0, 0.1) is 0 Å². The van der Waals surface area contributed by atoms with E-state index in [0.29, 0.717) is 15.2 Å². The molecule has 2 aromatic heterocycles. The molecule has 1 N–H and O–H groups in total. The number of thiazole rings is 1. The van der Waals surface area contributed by atoms with Crippen molar-refractivity contribution in [2.45, 2.75) is 15.9 Å². The van der Waals surface area contributed by atoms with Crippen LogP contribution in [0.5, 0.6) is 0 Å². The Morgan fingerprint density at radius 3 is 2.92 bits per heavy atom. The summed E-state index contributed by atoms with van der Waals surface area (Å²) in [7, 11) is 0. The van der Waals surface area contributed by atoms with Crippen LogP contribution in [-0.2, 0) is 11.2 Å². The zero-order valence-corrected chi connectivity index (χ0v) is 14.4. The molecule has 0 aliphatic rings. The zero-order chi connectivity index (χ0) is 17.2. The first-order valence-corrected chi connectivity index (χ1v) is 9.01. The number of aromatic nitrogens is 5. The number of aliphatic carboxylic acids is 1. The largest absolute Gasteiger partial charge is 0.481 e. The summed E-state index contributed by atoms with van der Waals surface area (Å²) in [6, 6.07) is 14.0. The van der Waals surface area contributed by atoms with Gasteiger partial charge in [-0.3, -0.25) is 4.79 Å². The van der Waals surface area contributed by atoms with Gasteiger partial charge in [0.25, 0.3) is 0 Å². The van der Waals surface area contributed by atoms with E-state index >= 15 is 0 Å². The number of fused-ring (bicyclic) bond motifs is 1. The predicted octanol–water partition coefficient (Wildman–Crippen LogP) is 3.05. The predicted molar refractivity (Wildman–Crippen MR) is 94.2 cm³/mol. The van der Waals surface area contributed by atoms with Crippen LogP contribution >= 0.6 is 23.1 Å². The van der Waals surface area contributed by atoms with E-state index < -0.39 is 5.97 Å². The van der Waals surface area contributed by atoms with E-state index in [0.717, 1.165) is 16.5 Å². The molecule has 9 heteroatoms. The summed E-state index contributed by atoms with van der Waals surface area (Å²) < 4.78 is 2.37. The highest BCUT2D eigenvalue weighted by Crippen LogP contribution is 2.31. The maximum atomic E-state index is 10.8. The number of carboxylic acid groups (broad SMARTS) is 1. The Hall–Kier alpha value is -2.78. The number of carbonyl (C=O) groups is 1. The van der Waals surface area contributed by atoms with Crippen molar-refractivity contribution in [1.29, 1.82) is 0 Å². The van der Waals surface area contributed by atoms with E-state index in [4.69, 9.17) is 5.11 Å². The van der Waals surface area contributed by atoms with Crippen LogP contribution in [0.3, 0.4) is 0 Å². The molecular weight excluding hydrogens is 358 g/mol. The molecule has 0 fully saturated rings. The molecule has 4 aromatic rings. The van der Waals surface area contributed by atoms with Gasteiger partial charge in [0, 0.05) is 10.8 Å². The minimum absolute atomic E-state index is 0.0919. The fourth-order valence-corrected chi connectivity index (χ4v) is 4.16. The van der Waals surface area contributed by atoms with E-state index in [2.05, 4.69) is 20.5 Å². The van der Waals surface area contributed by atoms with Gasteiger partial charge in [-0.05, 0) is 33.6 Å². The van der Waals surface area contributed by atoms with Crippen molar-refractivity contribution in [2.24, 2.45) is 0 Å². The van der Waals surface area contributed by atoms with Crippen LogP contribution in [0.1, 0.15) is 5.69 Å². The fraction of sp³-hybridized carbons (Fsp3) is 0.0625. The zero-order valence-electron chi connectivity index (χ0n) is 12.7. The summed E-state index contributed by atoms with van der Waals surface area (Å²) in [6.45, 7) is 0. The Bertz CT molecular complexity index is 1050. The minimum atomic E-state index is -0.901. The molecule has 7 nitrogen and oxygen atoms in total. The molecule has 0 amide bonds. The summed E-state index contributed by atoms with van der Waals surface area (Å²) in [4.78, 5) is 15.1. The topological polar surface area (TPSA) is 93.8 Å². The summed E-state index contributed by atoms with van der Waals surface area (Å²) in [5.41, 5.74) is 1.41. The quantitative estimate of drug-likeness (QED) is 0.578. The average Bonchev–Trinajstić information content (AvgIpc) is 3.24. The number of benzene rings is 2. The van der Waals surface area contributed by atoms with Crippen LogP contribution < -0.4 is 0 Å². The molecule has 0 atom stereocenters. The lowest BCUT2D eigenvalue weighted by Crippen LogP contribution is -2.00. The number of carboxylic acids is 1. The Morgan fingerprint density at radius 2 is 2.04 bits per heavy atom. The van der Waals surface area contributed by atoms with Crippen molar-refractivity contribution < 1.29 is 9.90 Å². The third-order valence-electron chi connectivity index (χ3n) is 3.48. The highest BCUT2D eigenvalue weighted by molar-refractivity contribution is 8.00. The van der Waals surface area contributed by atoms with Crippen LogP contribution in [-0.4, -0.2) is 36.3 Å². The van der Waals surface area contributed by atoms with Crippen molar-refractivity contribution in [3.05, 3.63) is 53.5 Å². The second-order valence-corrected chi connectivity index (χ2v) is 7.22. The van der Waals surface area contributed by atoms with Crippen molar-refractivity contribution in [2.75, 3.05) is 0 Å². The summed E-state index contributed by atoms with van der Waals surface area (Å²) >= 11 is 2.69. The molecule has 0 aliphatic heterocycles. The van der Waals surface area contributed by atoms with Crippen LogP contribution in [0.2, 0.25) is 0 Å². The first-order valence-electron chi connectivity index (χ1n) is 7.31. The number of hydrogen-bond acceptors (Lipinski definition) is 7. The van der Waals surface area contributed by atoms with E-state index in [9.17, 15) is 4.79 Å². The molecule has 0 radical (unpaired) electrons. The Balaban J connectivity index is 1.69. The highest BCUT2D eigenvalue weighted by Gasteiger charge is 2.15. The molecule has 124 valence electrons. The first kappa shape index (κ1) is 15.7. The van der Waals surface area contributed by atoms with Gasteiger partial charge in [0.1, 0.15) is 0 Å². The van der Waals surface area contributed by atoms with Crippen LogP contribution in [0.4, 0.5) is 0 Å². The van der Waals surface area contributed by atoms with Crippen molar-refractivity contribution in [1.82, 2.24) is 25.2 Å². The van der Waals surface area contributed by atoms with Gasteiger partial charge in [-0.15, -0.1) is 16.4 Å². The lowest BCUT2D eigenvalue weighted by atomic mass is 10.1. The molecular formula is C16H11N5O2S2. The van der Waals surface area contributed by atoms with Crippen LogP contribution in [0.25, 0.3) is 16.5 Å². The SMILES string of the molecule is O=C(O)Cc1csc(Sc2nnnn2-c2cccc3ccccc23)n1. The number of nitrogens with zero attached hydrogens (tertiary/aromatic N) is 5. The Kier molecular flexibility index (Phi) is 4.16. The van der Waals surface area contributed by atoms with Crippen LogP contribution in [0.15, 0.2) is 57.3 Å². The maximum Gasteiger partial charge on any atom is 0.309 e. The molecule has 0 saturated carbocycles. The number of rotatable bonds is 5. The standard InChI is InChI=1S/C16H11N5O2S2/c22-14(23)8-11-9-24-16(17-11)25-15-18-19-20-21(15)13-7-3-5-10-4-1-2-6-12(10)13/h1-7,9H,8H2,(H,22,23). The van der Waals surface area contributed by atoms with E-state index in [1.807, 2.05) is 42.5 Å². The monoisotopic (exact) mass is 369 g/mol. The van der Waals surface area contributed by atoms with Crippen molar-refractivity contribution >= 4 is 39.8 Å². The highest BCUT2D eigenvalue weighted by atomic mass is 32.2. The second kappa shape index (κ2) is 6.61. The summed E-state index contributed by atoms with van der Waals surface area (Å²) in [6.07, 6.45) is -0.0919. The summed E-state index contributed by atoms with van der Waals surface area (Å²) in [5, 5.41) is 25.3. The third-order valence-corrected chi connectivity index (χ3v) is 5.40. The smallest absolute Gasteiger partial charge is 0.309 e. The molecule has 0 spiro atoms. The normalized spacial score (nSPS) is 11.0. The number of hydrogen-bond donors (Lipinski definition) is 1. The van der Waals surface area contributed by atoms with Gasteiger partial charge < -0.3 is 5.11 Å². The molecule has 4 rings (SSSR count). The molecule has 0 aliphatic carbocycles. The number of tetrazole rings is 1. The van der Waals surface area contributed by atoms with Gasteiger partial charge in [0.2, 0.25) is 5.16 Å². The molecule has 0 unspecified atom stereocenters. The van der Waals surface area contributed by atoms with E-state index in [1.54, 1.807) is 10.1 Å². The molecule has 0 saturated heterocycles. The van der Waals surface area contributed by atoms with Gasteiger partial charge in [-0.25, -0.2) is 4.98 Å². The van der Waals surface area contributed by atoms with Gasteiger partial charge in [-0.2, -0.15) is 4.68 Å². The molecule has 2 aromatic carbocycles. The Morgan fingerprint density at radius 1 is 1.20 bits per heavy atom. The maximum absolute atomic E-state index is 10.8. The van der Waals surface area contributed by atoms with Gasteiger partial charge in [0.15, 0.2) is 4.34 Å². The lowest BCUT2D eigenvalue weighted by molar-refractivity contribution is -0.136. The van der Waals surface area contributed by atoms with E-state index in [-0.39, 0.29) is 6.42 Å². The third kappa shape index (κ3) is 3.24. The van der Waals surface area contributed by atoms with Crippen molar-refractivity contribution in [3.63, 3.8) is 0 Å². The Labute approximate surface area is 150 Å². The summed E-state index contributed by atoms with van der Waals surface area (Å²) in [5.74, 6) is -0.901. The first-order chi connectivity index (χ1) is 12.2. The lowest BCUT2D eigenvalue weighted by Gasteiger charge is -2.07. The molecule has 2 heterocycles. The average molecular weight is 369 g/mol. The minimum Gasteiger partial charge on any atom is -0.481 e. The fourth-order valence-electron chi connectivity index (χ4n) is 2.44. The second-order valence-electron chi connectivity index (χ2n) is 5.15. The van der Waals surface area contributed by atoms with Gasteiger partial charge in [0.05, 0.1) is 17.8 Å². The van der Waals surface area contributed by atoms with Gasteiger partial charge >= 0.3 is 5.97 Å². The molecule has 0 bridgehead atoms. The van der Waals surface area contributed by atoms with Gasteiger partial charge in [-0.1, -0.05) is 36.4 Å².